The van der Waals surface area contributed by atoms with Gasteiger partial charge in [0.05, 0.1) is 31.9 Å². The summed E-state index contributed by atoms with van der Waals surface area (Å²) in [5.41, 5.74) is 4.53. The standard InChI is InChI=1S/C29H32N2O3/c1-4-9-22-14-17-27(28(20-22)33-3)34-19-8-7-18-31-26-11-6-5-10-25(26)30-29(31)21-23-12-15-24(32-2)16-13-23/h4-6,9-17,20H,7-8,18-19,21H2,1-3H3/b9-4+. The fraction of sp³-hybridized carbons (Fsp3) is 0.276. The third-order valence-electron chi connectivity index (χ3n) is 5.84. The van der Waals surface area contributed by atoms with Gasteiger partial charge >= 0.3 is 0 Å². The molecule has 0 spiro atoms. The van der Waals surface area contributed by atoms with Crippen LogP contribution < -0.4 is 14.2 Å². The molecule has 0 aliphatic carbocycles. The minimum atomic E-state index is 0.639. The van der Waals surface area contributed by atoms with E-state index in [1.807, 2.05) is 55.5 Å². The molecule has 0 radical (unpaired) electrons. The number of benzene rings is 3. The second-order valence-electron chi connectivity index (χ2n) is 8.16. The van der Waals surface area contributed by atoms with Gasteiger partial charge in [0.1, 0.15) is 11.6 Å². The van der Waals surface area contributed by atoms with Crippen molar-refractivity contribution >= 4 is 17.1 Å². The number of hydrogen-bond donors (Lipinski definition) is 0. The van der Waals surface area contributed by atoms with E-state index in [1.165, 1.54) is 11.1 Å². The summed E-state index contributed by atoms with van der Waals surface area (Å²) in [6, 6.07) is 22.6. The third-order valence-corrected chi connectivity index (χ3v) is 5.84. The molecule has 0 N–H and O–H groups in total. The first-order valence-electron chi connectivity index (χ1n) is 11.7. The third kappa shape index (κ3) is 5.60. The van der Waals surface area contributed by atoms with Crippen molar-refractivity contribution in [2.24, 2.45) is 0 Å². The highest BCUT2D eigenvalue weighted by molar-refractivity contribution is 5.76. The lowest BCUT2D eigenvalue weighted by Crippen LogP contribution is -2.07. The second kappa shape index (κ2) is 11.4. The topological polar surface area (TPSA) is 45.5 Å². The lowest BCUT2D eigenvalue weighted by atomic mass is 10.1. The number of ether oxygens (including phenoxy) is 3. The lowest BCUT2D eigenvalue weighted by molar-refractivity contribution is 0.284. The SMILES string of the molecule is C/C=C/c1ccc(OCCCCn2c(Cc3ccc(OC)cc3)nc3ccccc32)c(OC)c1. The Morgan fingerprint density at radius 2 is 1.71 bits per heavy atom. The highest BCUT2D eigenvalue weighted by atomic mass is 16.5. The second-order valence-corrected chi connectivity index (χ2v) is 8.16. The number of para-hydroxylation sites is 2. The molecule has 5 nitrogen and oxygen atoms in total. The largest absolute Gasteiger partial charge is 0.497 e. The van der Waals surface area contributed by atoms with Gasteiger partial charge in [0.15, 0.2) is 11.5 Å². The first-order chi connectivity index (χ1) is 16.7. The van der Waals surface area contributed by atoms with E-state index in [0.717, 1.165) is 60.0 Å². The first-order valence-corrected chi connectivity index (χ1v) is 11.7. The van der Waals surface area contributed by atoms with Crippen molar-refractivity contribution in [3.8, 4) is 17.2 Å². The Kier molecular flexibility index (Phi) is 7.87. The smallest absolute Gasteiger partial charge is 0.161 e. The molecule has 34 heavy (non-hydrogen) atoms. The van der Waals surface area contributed by atoms with E-state index in [2.05, 4.69) is 34.9 Å². The van der Waals surface area contributed by atoms with Crippen LogP contribution in [0.4, 0.5) is 0 Å². The van der Waals surface area contributed by atoms with E-state index >= 15 is 0 Å². The average Bonchev–Trinajstić information content (AvgIpc) is 3.22. The molecule has 0 unspecified atom stereocenters. The summed E-state index contributed by atoms with van der Waals surface area (Å²) in [5.74, 6) is 3.49. The van der Waals surface area contributed by atoms with Crippen LogP contribution in [0, 0.1) is 0 Å². The maximum absolute atomic E-state index is 6.03. The molecular formula is C29H32N2O3. The van der Waals surface area contributed by atoms with Crippen molar-refractivity contribution in [2.45, 2.75) is 32.7 Å². The zero-order valence-corrected chi connectivity index (χ0v) is 20.2. The number of fused-ring (bicyclic) bond motifs is 1. The van der Waals surface area contributed by atoms with Gasteiger partial charge in [-0.05, 0) is 67.3 Å². The lowest BCUT2D eigenvalue weighted by Gasteiger charge is -2.12. The zero-order chi connectivity index (χ0) is 23.8. The van der Waals surface area contributed by atoms with Gasteiger partial charge in [-0.3, -0.25) is 0 Å². The molecule has 1 heterocycles. The van der Waals surface area contributed by atoms with Crippen molar-refractivity contribution in [1.82, 2.24) is 9.55 Å². The van der Waals surface area contributed by atoms with E-state index in [4.69, 9.17) is 19.2 Å². The monoisotopic (exact) mass is 456 g/mol. The number of aryl methyl sites for hydroxylation is 1. The fourth-order valence-corrected chi connectivity index (χ4v) is 4.09. The van der Waals surface area contributed by atoms with Gasteiger partial charge in [-0.2, -0.15) is 0 Å². The molecule has 0 atom stereocenters. The number of aromatic nitrogens is 2. The summed E-state index contributed by atoms with van der Waals surface area (Å²) in [7, 11) is 3.36. The van der Waals surface area contributed by atoms with Crippen LogP contribution >= 0.6 is 0 Å². The van der Waals surface area contributed by atoms with Gasteiger partial charge in [0.25, 0.3) is 0 Å². The quantitative estimate of drug-likeness (QED) is 0.241. The van der Waals surface area contributed by atoms with E-state index in [0.29, 0.717) is 6.61 Å². The van der Waals surface area contributed by atoms with Crippen LogP contribution in [0.2, 0.25) is 0 Å². The number of allylic oxidation sites excluding steroid dienone is 1. The molecule has 4 rings (SSSR count). The van der Waals surface area contributed by atoms with Crippen LogP contribution in [0.15, 0.2) is 72.8 Å². The summed E-state index contributed by atoms with van der Waals surface area (Å²) >= 11 is 0. The molecule has 0 aliphatic rings. The first kappa shape index (κ1) is 23.4. The normalized spacial score (nSPS) is 11.3. The Hall–Kier alpha value is -3.73. The summed E-state index contributed by atoms with van der Waals surface area (Å²) < 4.78 is 19.2. The zero-order valence-electron chi connectivity index (χ0n) is 20.2. The molecule has 176 valence electrons. The number of hydrogen-bond acceptors (Lipinski definition) is 4. The molecule has 3 aromatic carbocycles. The van der Waals surface area contributed by atoms with Crippen LogP contribution in [0.5, 0.6) is 17.2 Å². The van der Waals surface area contributed by atoms with Crippen LogP contribution in [-0.2, 0) is 13.0 Å². The van der Waals surface area contributed by atoms with Gasteiger partial charge in [0, 0.05) is 13.0 Å². The highest BCUT2D eigenvalue weighted by Crippen LogP contribution is 2.29. The maximum Gasteiger partial charge on any atom is 0.161 e. The molecule has 0 bridgehead atoms. The van der Waals surface area contributed by atoms with E-state index in [9.17, 15) is 0 Å². The molecule has 0 saturated carbocycles. The van der Waals surface area contributed by atoms with Gasteiger partial charge in [-0.15, -0.1) is 0 Å². The highest BCUT2D eigenvalue weighted by Gasteiger charge is 2.11. The van der Waals surface area contributed by atoms with Gasteiger partial charge in [-0.25, -0.2) is 4.98 Å². The maximum atomic E-state index is 6.03. The molecule has 4 aromatic rings. The van der Waals surface area contributed by atoms with Crippen molar-refractivity contribution in [3.63, 3.8) is 0 Å². The molecule has 0 aliphatic heterocycles. The Morgan fingerprint density at radius 1 is 0.882 bits per heavy atom. The minimum absolute atomic E-state index is 0.639. The number of nitrogens with zero attached hydrogens (tertiary/aromatic N) is 2. The predicted octanol–water partition coefficient (Wildman–Crippen LogP) is 6.54. The average molecular weight is 457 g/mol. The number of methoxy groups -OCH3 is 2. The van der Waals surface area contributed by atoms with Gasteiger partial charge < -0.3 is 18.8 Å². The molecule has 0 saturated heterocycles. The van der Waals surface area contributed by atoms with E-state index in [1.54, 1.807) is 14.2 Å². The van der Waals surface area contributed by atoms with Crippen molar-refractivity contribution in [3.05, 3.63) is 89.8 Å². The minimum Gasteiger partial charge on any atom is -0.497 e. The Labute approximate surface area is 201 Å². The molecular weight excluding hydrogens is 424 g/mol. The van der Waals surface area contributed by atoms with Crippen LogP contribution in [0.3, 0.4) is 0 Å². The van der Waals surface area contributed by atoms with Gasteiger partial charge in [0.2, 0.25) is 0 Å². The number of unbranched alkanes of at least 4 members (excludes halogenated alkanes) is 1. The Balaban J connectivity index is 1.39. The van der Waals surface area contributed by atoms with E-state index in [-0.39, 0.29) is 0 Å². The molecule has 5 heteroatoms. The summed E-state index contributed by atoms with van der Waals surface area (Å²) in [6.07, 6.45) is 6.78. The Morgan fingerprint density at radius 3 is 2.47 bits per heavy atom. The summed E-state index contributed by atoms with van der Waals surface area (Å²) in [4.78, 5) is 4.92. The summed E-state index contributed by atoms with van der Waals surface area (Å²) in [5, 5.41) is 0. The van der Waals surface area contributed by atoms with E-state index < -0.39 is 0 Å². The Bertz CT molecular complexity index is 1240. The van der Waals surface area contributed by atoms with Crippen LogP contribution in [-0.4, -0.2) is 30.4 Å². The summed E-state index contributed by atoms with van der Waals surface area (Å²) in [6.45, 7) is 3.54. The van der Waals surface area contributed by atoms with Gasteiger partial charge in [-0.1, -0.05) is 42.5 Å². The molecule has 1 aromatic heterocycles. The van der Waals surface area contributed by atoms with Crippen molar-refractivity contribution in [2.75, 3.05) is 20.8 Å². The predicted molar refractivity (Wildman–Crippen MR) is 138 cm³/mol. The van der Waals surface area contributed by atoms with Crippen molar-refractivity contribution < 1.29 is 14.2 Å². The number of imidazole rings is 1. The van der Waals surface area contributed by atoms with Crippen LogP contribution in [0.25, 0.3) is 17.1 Å². The molecule has 0 amide bonds. The van der Waals surface area contributed by atoms with Crippen molar-refractivity contribution in [1.29, 1.82) is 0 Å². The van der Waals surface area contributed by atoms with Crippen LogP contribution in [0.1, 0.15) is 36.7 Å². The number of rotatable bonds is 11. The fourth-order valence-electron chi connectivity index (χ4n) is 4.09. The molecule has 0 fully saturated rings.